The number of hydrogen-bond donors (Lipinski definition) is 1. The van der Waals surface area contributed by atoms with E-state index in [1.54, 1.807) is 18.0 Å². The third-order valence-electron chi connectivity index (χ3n) is 2.14. The van der Waals surface area contributed by atoms with Gasteiger partial charge in [0.05, 0.1) is 0 Å². The van der Waals surface area contributed by atoms with Crippen molar-refractivity contribution < 1.29 is 0 Å². The summed E-state index contributed by atoms with van der Waals surface area (Å²) in [5.41, 5.74) is 0. The Morgan fingerprint density at radius 1 is 1.57 bits per heavy atom. The minimum absolute atomic E-state index is 0.332. The van der Waals surface area contributed by atoms with Gasteiger partial charge >= 0.3 is 0 Å². The minimum Gasteiger partial charge on any atom is -0.316 e. The molecule has 1 saturated heterocycles. The molecule has 0 spiro atoms. The summed E-state index contributed by atoms with van der Waals surface area (Å²) in [5, 5.41) is 5.30. The van der Waals surface area contributed by atoms with E-state index < -0.39 is 0 Å². The largest absolute Gasteiger partial charge is 0.316 e. The number of thioether (sulfide) groups is 1. The number of halogens is 1. The highest BCUT2D eigenvalue weighted by Crippen LogP contribution is 2.25. The maximum absolute atomic E-state index is 5.71. The van der Waals surface area contributed by atoms with E-state index in [0.29, 0.717) is 10.5 Å². The van der Waals surface area contributed by atoms with E-state index in [9.17, 15) is 0 Å². The molecule has 1 atom stereocenters. The van der Waals surface area contributed by atoms with Gasteiger partial charge < -0.3 is 5.32 Å². The molecular weight excluding hydrogens is 218 g/mol. The third-order valence-corrected chi connectivity index (χ3v) is 3.53. The van der Waals surface area contributed by atoms with E-state index in [4.69, 9.17) is 11.6 Å². The highest BCUT2D eigenvalue weighted by atomic mass is 35.5. The molecule has 1 aliphatic heterocycles. The van der Waals surface area contributed by atoms with Gasteiger partial charge in [0.15, 0.2) is 0 Å². The van der Waals surface area contributed by atoms with Crippen LogP contribution in [0.25, 0.3) is 0 Å². The molecule has 1 fully saturated rings. The average molecular weight is 230 g/mol. The maximum atomic E-state index is 5.71. The van der Waals surface area contributed by atoms with Gasteiger partial charge in [-0.05, 0) is 37.1 Å². The van der Waals surface area contributed by atoms with Crippen LogP contribution in [0.5, 0.6) is 0 Å². The molecule has 1 aromatic heterocycles. The molecule has 1 aliphatic rings. The first-order chi connectivity index (χ1) is 6.84. The first-order valence-corrected chi connectivity index (χ1v) is 5.96. The molecule has 14 heavy (non-hydrogen) atoms. The van der Waals surface area contributed by atoms with Gasteiger partial charge in [0.2, 0.25) is 5.28 Å². The zero-order chi connectivity index (χ0) is 9.80. The fourth-order valence-corrected chi connectivity index (χ4v) is 2.78. The molecule has 2 rings (SSSR count). The lowest BCUT2D eigenvalue weighted by molar-refractivity contribution is 0.531. The summed E-state index contributed by atoms with van der Waals surface area (Å²) in [4.78, 5) is 8.02. The smallest absolute Gasteiger partial charge is 0.223 e. The van der Waals surface area contributed by atoms with Crippen molar-refractivity contribution in [1.29, 1.82) is 0 Å². The predicted octanol–water partition coefficient (Wildman–Crippen LogP) is 1.97. The second kappa shape index (κ2) is 4.96. The molecule has 0 saturated carbocycles. The van der Waals surface area contributed by atoms with Crippen LogP contribution in [-0.4, -0.2) is 28.3 Å². The normalized spacial score (nSPS) is 22.2. The Morgan fingerprint density at radius 2 is 2.50 bits per heavy atom. The highest BCUT2D eigenvalue weighted by molar-refractivity contribution is 7.99. The summed E-state index contributed by atoms with van der Waals surface area (Å²) in [7, 11) is 0. The summed E-state index contributed by atoms with van der Waals surface area (Å²) in [6.07, 6.45) is 4.20. The van der Waals surface area contributed by atoms with Gasteiger partial charge in [-0.1, -0.05) is 0 Å². The fraction of sp³-hybridized carbons (Fsp3) is 0.556. The van der Waals surface area contributed by atoms with Crippen LogP contribution in [0.3, 0.4) is 0 Å². The third kappa shape index (κ3) is 2.83. The molecule has 0 aliphatic carbocycles. The van der Waals surface area contributed by atoms with Crippen molar-refractivity contribution in [2.24, 2.45) is 0 Å². The van der Waals surface area contributed by atoms with Crippen molar-refractivity contribution in [1.82, 2.24) is 15.3 Å². The van der Waals surface area contributed by atoms with E-state index >= 15 is 0 Å². The van der Waals surface area contributed by atoms with Crippen LogP contribution in [-0.2, 0) is 0 Å². The molecule has 5 heteroatoms. The number of piperidine rings is 1. The summed E-state index contributed by atoms with van der Waals surface area (Å²) >= 11 is 7.49. The lowest BCUT2D eigenvalue weighted by Crippen LogP contribution is -2.31. The van der Waals surface area contributed by atoms with E-state index in [1.807, 2.05) is 6.07 Å². The van der Waals surface area contributed by atoms with Crippen molar-refractivity contribution in [3.8, 4) is 0 Å². The van der Waals surface area contributed by atoms with Crippen molar-refractivity contribution in [2.75, 3.05) is 13.1 Å². The first kappa shape index (κ1) is 10.2. The van der Waals surface area contributed by atoms with Crippen LogP contribution in [0.15, 0.2) is 17.3 Å². The van der Waals surface area contributed by atoms with Crippen LogP contribution in [0, 0.1) is 0 Å². The number of nitrogens with one attached hydrogen (secondary N) is 1. The lowest BCUT2D eigenvalue weighted by atomic mass is 10.2. The number of hydrogen-bond acceptors (Lipinski definition) is 4. The molecule has 0 aromatic carbocycles. The molecule has 0 bridgehead atoms. The SMILES string of the molecule is Clc1nccc(S[C@@H]2CCCNC2)n1. The molecular formula is C9H12ClN3S. The van der Waals surface area contributed by atoms with Gasteiger partial charge in [0.1, 0.15) is 5.03 Å². The van der Waals surface area contributed by atoms with E-state index in [-0.39, 0.29) is 0 Å². The first-order valence-electron chi connectivity index (χ1n) is 4.70. The highest BCUT2D eigenvalue weighted by Gasteiger charge is 2.14. The fourth-order valence-electron chi connectivity index (χ4n) is 1.48. The standard InChI is InChI=1S/C9H12ClN3S/c10-9-12-5-3-8(13-9)14-7-2-1-4-11-6-7/h3,5,7,11H,1-2,4,6H2/t7-/m1/s1. The number of rotatable bonds is 2. The van der Waals surface area contributed by atoms with Crippen LogP contribution < -0.4 is 5.32 Å². The number of nitrogens with zero attached hydrogens (tertiary/aromatic N) is 2. The van der Waals surface area contributed by atoms with E-state index in [1.165, 1.54) is 12.8 Å². The average Bonchev–Trinajstić information content (AvgIpc) is 2.19. The Morgan fingerprint density at radius 3 is 3.21 bits per heavy atom. The zero-order valence-electron chi connectivity index (χ0n) is 7.74. The Balaban J connectivity index is 1.95. The molecule has 0 unspecified atom stereocenters. The van der Waals surface area contributed by atoms with Crippen LogP contribution in [0.1, 0.15) is 12.8 Å². The summed E-state index contributed by atoms with van der Waals surface area (Å²) in [6.45, 7) is 2.20. The second-order valence-corrected chi connectivity index (χ2v) is 4.91. The quantitative estimate of drug-likeness (QED) is 0.622. The monoisotopic (exact) mass is 229 g/mol. The maximum Gasteiger partial charge on any atom is 0.223 e. The van der Waals surface area contributed by atoms with Crippen molar-refractivity contribution in [3.63, 3.8) is 0 Å². The number of aromatic nitrogens is 2. The Labute approximate surface area is 92.7 Å². The molecule has 1 aromatic rings. The van der Waals surface area contributed by atoms with Gasteiger partial charge in [-0.3, -0.25) is 0 Å². The lowest BCUT2D eigenvalue weighted by Gasteiger charge is -2.21. The van der Waals surface area contributed by atoms with Gasteiger partial charge in [0, 0.05) is 18.0 Å². The van der Waals surface area contributed by atoms with Crippen LogP contribution >= 0.6 is 23.4 Å². The molecule has 1 N–H and O–H groups in total. The Bertz CT molecular complexity index is 302. The van der Waals surface area contributed by atoms with E-state index in [2.05, 4.69) is 15.3 Å². The molecule has 0 amide bonds. The summed E-state index contributed by atoms with van der Waals surface area (Å²) in [6, 6.07) is 1.91. The van der Waals surface area contributed by atoms with Crippen molar-refractivity contribution in [2.45, 2.75) is 23.1 Å². The summed E-state index contributed by atoms with van der Waals surface area (Å²) in [5.74, 6) is 0. The molecule has 2 heterocycles. The predicted molar refractivity (Wildman–Crippen MR) is 58.8 cm³/mol. The molecule has 0 radical (unpaired) electrons. The van der Waals surface area contributed by atoms with Gasteiger partial charge in [-0.2, -0.15) is 0 Å². The summed E-state index contributed by atoms with van der Waals surface area (Å²) < 4.78 is 0. The molecule has 76 valence electrons. The Hall–Kier alpha value is -0.320. The van der Waals surface area contributed by atoms with Gasteiger partial charge in [-0.15, -0.1) is 11.8 Å². The topological polar surface area (TPSA) is 37.8 Å². The minimum atomic E-state index is 0.332. The zero-order valence-corrected chi connectivity index (χ0v) is 9.31. The van der Waals surface area contributed by atoms with Crippen LogP contribution in [0.4, 0.5) is 0 Å². The molecule has 3 nitrogen and oxygen atoms in total. The van der Waals surface area contributed by atoms with Gasteiger partial charge in [-0.25, -0.2) is 9.97 Å². The van der Waals surface area contributed by atoms with Crippen LogP contribution in [0.2, 0.25) is 5.28 Å². The van der Waals surface area contributed by atoms with Crippen molar-refractivity contribution >= 4 is 23.4 Å². The van der Waals surface area contributed by atoms with Gasteiger partial charge in [0.25, 0.3) is 0 Å². The van der Waals surface area contributed by atoms with E-state index in [0.717, 1.165) is 18.1 Å². The van der Waals surface area contributed by atoms with Crippen molar-refractivity contribution in [3.05, 3.63) is 17.5 Å². The Kier molecular flexibility index (Phi) is 3.61. The second-order valence-electron chi connectivity index (χ2n) is 3.25.